The Morgan fingerprint density at radius 1 is 0.683 bits per heavy atom. The molecule has 16 heteroatoms. The van der Waals surface area contributed by atoms with Crippen molar-refractivity contribution in [2.75, 3.05) is 13.2 Å². The first-order chi connectivity index (χ1) is 19.4. The van der Waals surface area contributed by atoms with E-state index in [9.17, 15) is 55.9 Å². The molecule has 3 heterocycles. The van der Waals surface area contributed by atoms with Crippen LogP contribution in [0.15, 0.2) is 33.5 Å². The van der Waals surface area contributed by atoms with E-state index in [0.29, 0.717) is 0 Å². The number of benzene rings is 2. The molecule has 8 unspecified atom stereocenters. The smallest absolute Gasteiger partial charge is 0.229 e. The van der Waals surface area contributed by atoms with Crippen molar-refractivity contribution >= 4 is 11.0 Å². The van der Waals surface area contributed by atoms with Gasteiger partial charge in [0, 0.05) is 11.6 Å². The van der Waals surface area contributed by atoms with Gasteiger partial charge in [-0.15, -0.1) is 0 Å². The van der Waals surface area contributed by atoms with Gasteiger partial charge in [0.05, 0.1) is 13.2 Å². The monoisotopic (exact) mass is 582 g/mol. The highest BCUT2D eigenvalue weighted by Crippen LogP contribution is 2.51. The third-order valence-corrected chi connectivity index (χ3v) is 6.67. The van der Waals surface area contributed by atoms with Gasteiger partial charge in [-0.25, -0.2) is 0 Å². The van der Waals surface area contributed by atoms with Crippen molar-refractivity contribution < 1.29 is 74.4 Å². The normalized spacial score (nSPS) is 30.3. The molecule has 0 radical (unpaired) electrons. The molecule has 10 N–H and O–H groups in total. The van der Waals surface area contributed by atoms with E-state index < -0.39 is 113 Å². The molecule has 0 saturated carbocycles. The number of aliphatic hydroxyl groups excluding tert-OH is 6. The molecule has 8 atom stereocenters. The van der Waals surface area contributed by atoms with E-state index in [1.807, 2.05) is 0 Å². The van der Waals surface area contributed by atoms with Gasteiger partial charge in [-0.05, 0) is 18.2 Å². The molecular weight excluding hydrogens is 556 g/mol. The predicted octanol–water partition coefficient (Wildman–Crippen LogP) is -2.08. The minimum atomic E-state index is -1.88. The molecule has 5 rings (SSSR count). The third kappa shape index (κ3) is 5.07. The molecule has 2 fully saturated rings. The Morgan fingerprint density at radius 3 is 1.80 bits per heavy atom. The molecule has 3 aromatic rings. The van der Waals surface area contributed by atoms with Crippen LogP contribution in [0.4, 0.5) is 0 Å². The zero-order valence-corrected chi connectivity index (χ0v) is 20.8. The first-order valence-corrected chi connectivity index (χ1v) is 12.1. The lowest BCUT2D eigenvalue weighted by Gasteiger charge is -2.36. The fourth-order valence-electron chi connectivity index (χ4n) is 4.35. The zero-order chi connectivity index (χ0) is 29.7. The summed E-state index contributed by atoms with van der Waals surface area (Å²) in [4.78, 5) is 13.2. The number of aromatic hydroxyl groups is 4. The molecular formula is C25H26O16. The van der Waals surface area contributed by atoms with Crippen LogP contribution < -0.4 is 14.9 Å². The van der Waals surface area contributed by atoms with Crippen LogP contribution in [0.1, 0.15) is 0 Å². The van der Waals surface area contributed by atoms with Crippen molar-refractivity contribution in [1.29, 1.82) is 0 Å². The highest BCUT2D eigenvalue weighted by Gasteiger charge is 2.43. The van der Waals surface area contributed by atoms with E-state index in [4.69, 9.17) is 23.4 Å². The number of phenolic OH excluding ortho intramolecular Hbond substituents is 4. The highest BCUT2D eigenvalue weighted by atomic mass is 16.7. The number of phenols is 4. The summed E-state index contributed by atoms with van der Waals surface area (Å²) in [5.74, 6) is -5.01. The number of fused-ring (bicyclic) bond motifs is 1. The lowest BCUT2D eigenvalue weighted by atomic mass is 10.0. The number of ether oxygens (including phenoxy) is 4. The van der Waals surface area contributed by atoms with E-state index in [0.717, 1.165) is 18.2 Å². The first-order valence-electron chi connectivity index (χ1n) is 12.1. The average Bonchev–Trinajstić information content (AvgIpc) is 2.94. The first kappa shape index (κ1) is 28.7. The molecule has 2 aliphatic heterocycles. The number of aliphatic hydroxyl groups is 6. The minimum Gasteiger partial charge on any atom is -0.504 e. The maximum absolute atomic E-state index is 13.2. The zero-order valence-electron chi connectivity index (χ0n) is 20.8. The second-order valence-electron chi connectivity index (χ2n) is 9.47. The summed E-state index contributed by atoms with van der Waals surface area (Å²) in [6, 6.07) is 4.35. The van der Waals surface area contributed by atoms with Crippen molar-refractivity contribution in [2.45, 2.75) is 49.2 Å². The van der Waals surface area contributed by atoms with Crippen molar-refractivity contribution in [2.24, 2.45) is 0 Å². The van der Waals surface area contributed by atoms with E-state index in [1.165, 1.54) is 6.07 Å². The minimum absolute atomic E-state index is 0.0725. The topological polar surface area (TPSA) is 269 Å². The quantitative estimate of drug-likeness (QED) is 0.145. The van der Waals surface area contributed by atoms with Crippen LogP contribution in [0.3, 0.4) is 0 Å². The van der Waals surface area contributed by atoms with Gasteiger partial charge in [0.25, 0.3) is 0 Å². The Balaban J connectivity index is 1.67. The van der Waals surface area contributed by atoms with Gasteiger partial charge < -0.3 is 74.4 Å². The highest BCUT2D eigenvalue weighted by molar-refractivity contribution is 5.95. The lowest BCUT2D eigenvalue weighted by Crippen LogP contribution is -2.55. The summed E-state index contributed by atoms with van der Waals surface area (Å²) in [6.07, 6.45) is -13.7. The van der Waals surface area contributed by atoms with Crippen molar-refractivity contribution in [3.63, 3.8) is 0 Å². The van der Waals surface area contributed by atoms with Crippen LogP contribution in [0, 0.1) is 0 Å². The van der Waals surface area contributed by atoms with E-state index in [2.05, 4.69) is 0 Å². The molecule has 0 spiro atoms. The van der Waals surface area contributed by atoms with Crippen molar-refractivity contribution in [3.05, 3.63) is 34.5 Å². The fraction of sp³-hybridized carbons (Fsp3) is 0.400. The van der Waals surface area contributed by atoms with Gasteiger partial charge >= 0.3 is 0 Å². The largest absolute Gasteiger partial charge is 0.504 e. The molecule has 1 aromatic heterocycles. The van der Waals surface area contributed by atoms with E-state index in [-0.39, 0.29) is 11.3 Å². The third-order valence-electron chi connectivity index (χ3n) is 6.67. The summed E-state index contributed by atoms with van der Waals surface area (Å²) in [6.45, 7) is -1.01. The van der Waals surface area contributed by atoms with Crippen molar-refractivity contribution in [3.8, 4) is 45.8 Å². The Morgan fingerprint density at radius 2 is 1.24 bits per heavy atom. The number of rotatable bonds is 5. The van der Waals surface area contributed by atoms with Crippen LogP contribution in [-0.4, -0.2) is 113 Å². The van der Waals surface area contributed by atoms with Gasteiger partial charge in [-0.1, -0.05) is 0 Å². The number of hydrogen-bond acceptors (Lipinski definition) is 16. The van der Waals surface area contributed by atoms with Gasteiger partial charge in [-0.2, -0.15) is 0 Å². The summed E-state index contributed by atoms with van der Waals surface area (Å²) < 4.78 is 27.1. The molecule has 0 bridgehead atoms. The lowest BCUT2D eigenvalue weighted by molar-refractivity contribution is -0.243. The molecule has 2 aromatic carbocycles. The summed E-state index contributed by atoms with van der Waals surface area (Å²) in [5.41, 5.74) is -1.50. The average molecular weight is 582 g/mol. The Labute approximate surface area is 228 Å². The molecule has 222 valence electrons. The van der Waals surface area contributed by atoms with Crippen LogP contribution in [0.5, 0.6) is 34.5 Å². The number of hydrogen-bond donors (Lipinski definition) is 10. The Kier molecular flexibility index (Phi) is 7.58. The van der Waals surface area contributed by atoms with Gasteiger partial charge in [0.2, 0.25) is 29.8 Å². The SMILES string of the molecule is O=c1cc(-c2ccc(O)c(O)c2)oc2c(OC3OCC(O)C(O)C3O)c(O)c(OC3OCC(O)C(O)C3O)c(O)c12. The second-order valence-corrected chi connectivity index (χ2v) is 9.47. The maximum atomic E-state index is 13.2. The molecule has 41 heavy (non-hydrogen) atoms. The Hall–Kier alpha value is -3.87. The van der Waals surface area contributed by atoms with Gasteiger partial charge in [0.15, 0.2) is 28.3 Å². The Bertz CT molecular complexity index is 1500. The van der Waals surface area contributed by atoms with Crippen molar-refractivity contribution in [1.82, 2.24) is 0 Å². The van der Waals surface area contributed by atoms with Gasteiger partial charge in [0.1, 0.15) is 47.8 Å². The molecule has 16 nitrogen and oxygen atoms in total. The molecule has 0 aliphatic carbocycles. The second kappa shape index (κ2) is 10.8. The predicted molar refractivity (Wildman–Crippen MR) is 131 cm³/mol. The van der Waals surface area contributed by atoms with Crippen LogP contribution in [0.2, 0.25) is 0 Å². The van der Waals surface area contributed by atoms with E-state index >= 15 is 0 Å². The fourth-order valence-corrected chi connectivity index (χ4v) is 4.35. The van der Waals surface area contributed by atoms with Gasteiger partial charge in [-0.3, -0.25) is 4.79 Å². The van der Waals surface area contributed by atoms with Crippen LogP contribution in [0.25, 0.3) is 22.3 Å². The maximum Gasteiger partial charge on any atom is 0.229 e. The van der Waals surface area contributed by atoms with Crippen LogP contribution in [-0.2, 0) is 9.47 Å². The molecule has 2 aliphatic rings. The summed E-state index contributed by atoms with van der Waals surface area (Å²) in [5, 5.41) is 101. The summed E-state index contributed by atoms with van der Waals surface area (Å²) in [7, 11) is 0. The summed E-state index contributed by atoms with van der Waals surface area (Å²) >= 11 is 0. The molecule has 2 saturated heterocycles. The molecule has 0 amide bonds. The standard InChI is InChI=1S/C25H26O16/c26-8-2-1-7(3-9(8)27)13-4-10(28)14-17(33)22(40-24-18(34)15(31)11(29)5-37-24)20(36)23(21(14)39-13)41-25-19(35)16(32)12(30)6-38-25/h1-4,11-12,15-16,18-19,24-27,29-36H,5-6H2. The van der Waals surface area contributed by atoms with Crippen LogP contribution >= 0.6 is 0 Å². The van der Waals surface area contributed by atoms with E-state index in [1.54, 1.807) is 0 Å².